The van der Waals surface area contributed by atoms with Crippen LogP contribution in [0, 0.1) is 34.6 Å². The van der Waals surface area contributed by atoms with Crippen LogP contribution < -0.4 is 5.32 Å². The van der Waals surface area contributed by atoms with E-state index in [0.717, 1.165) is 54.7 Å². The maximum absolute atomic E-state index is 13.2. The lowest BCUT2D eigenvalue weighted by molar-refractivity contribution is -0.132. The zero-order valence-electron chi connectivity index (χ0n) is 19.5. The Morgan fingerprint density at radius 3 is 2.16 bits per heavy atom. The molecule has 2 aromatic rings. The number of barbiturate groups is 1. The van der Waals surface area contributed by atoms with Crippen molar-refractivity contribution in [3.05, 3.63) is 57.4 Å². The topological polar surface area (TPSA) is 71.4 Å². The molecule has 2 heterocycles. The number of imide groups is 2. The maximum atomic E-state index is 13.2. The molecule has 0 atom stereocenters. The zero-order valence-corrected chi connectivity index (χ0v) is 19.5. The van der Waals surface area contributed by atoms with Crippen molar-refractivity contribution in [2.45, 2.75) is 72.8 Å². The molecular weight excluding hydrogens is 402 g/mol. The van der Waals surface area contributed by atoms with Gasteiger partial charge in [0.1, 0.15) is 5.57 Å². The number of hydrogen-bond donors (Lipinski definition) is 1. The lowest BCUT2D eigenvalue weighted by Gasteiger charge is -2.35. The van der Waals surface area contributed by atoms with Gasteiger partial charge in [0, 0.05) is 17.4 Å². The van der Waals surface area contributed by atoms with Crippen LogP contribution in [0.2, 0.25) is 0 Å². The Bertz CT molecular complexity index is 1130. The molecule has 2 fully saturated rings. The summed E-state index contributed by atoms with van der Waals surface area (Å²) in [6, 6.07) is 5.57. The molecule has 0 spiro atoms. The Labute approximate surface area is 189 Å². The van der Waals surface area contributed by atoms with Crippen molar-refractivity contribution in [2.24, 2.45) is 0 Å². The first-order valence-electron chi connectivity index (χ1n) is 11.4. The van der Waals surface area contributed by atoms with Gasteiger partial charge >= 0.3 is 6.03 Å². The Morgan fingerprint density at radius 1 is 0.906 bits per heavy atom. The minimum absolute atomic E-state index is 0.0211. The average Bonchev–Trinajstić information content (AvgIpc) is 2.99. The zero-order chi connectivity index (χ0) is 23.2. The lowest BCUT2D eigenvalue weighted by atomic mass is 9.93. The monoisotopic (exact) mass is 433 g/mol. The summed E-state index contributed by atoms with van der Waals surface area (Å²) in [7, 11) is 0. The quantitative estimate of drug-likeness (QED) is 0.558. The first-order chi connectivity index (χ1) is 15.2. The highest BCUT2D eigenvalue weighted by Gasteiger charge is 2.40. The Morgan fingerprint density at radius 2 is 1.53 bits per heavy atom. The van der Waals surface area contributed by atoms with E-state index in [4.69, 9.17) is 0 Å². The predicted molar refractivity (Wildman–Crippen MR) is 125 cm³/mol. The van der Waals surface area contributed by atoms with E-state index in [1.807, 2.05) is 19.9 Å². The number of benzene rings is 1. The molecule has 1 aliphatic carbocycles. The van der Waals surface area contributed by atoms with Gasteiger partial charge in [0.25, 0.3) is 11.8 Å². The summed E-state index contributed by atoms with van der Waals surface area (Å²) in [6.07, 6.45) is 6.32. The van der Waals surface area contributed by atoms with E-state index in [1.54, 1.807) is 6.08 Å². The molecule has 1 saturated heterocycles. The average molecular weight is 434 g/mol. The van der Waals surface area contributed by atoms with Gasteiger partial charge in [-0.25, -0.2) is 4.79 Å². The molecular formula is C26H31N3O3. The number of amides is 4. The van der Waals surface area contributed by atoms with Gasteiger partial charge in [-0.1, -0.05) is 37.0 Å². The number of urea groups is 1. The minimum atomic E-state index is -0.625. The molecule has 0 unspecified atom stereocenters. The van der Waals surface area contributed by atoms with E-state index in [2.05, 4.69) is 42.8 Å². The normalized spacial score (nSPS) is 19.1. The van der Waals surface area contributed by atoms with Crippen LogP contribution in [0.15, 0.2) is 23.8 Å². The largest absolute Gasteiger partial charge is 0.331 e. The maximum Gasteiger partial charge on any atom is 0.331 e. The molecule has 1 aliphatic heterocycles. The molecule has 32 heavy (non-hydrogen) atoms. The molecule has 4 rings (SSSR count). The fraction of sp³-hybridized carbons (Fsp3) is 0.423. The molecule has 1 N–H and O–H groups in total. The van der Waals surface area contributed by atoms with Crippen molar-refractivity contribution in [1.82, 2.24) is 14.8 Å². The van der Waals surface area contributed by atoms with Crippen LogP contribution in [0.1, 0.15) is 65.7 Å². The highest BCUT2D eigenvalue weighted by Crippen LogP contribution is 2.30. The first-order valence-corrected chi connectivity index (χ1v) is 11.4. The SMILES string of the molecule is Cc1cc(C)c(-n2c(C)cc(C=C3C(=O)NC(=O)N(C4CCCCC4)C3=O)c2C)c(C)c1. The van der Waals surface area contributed by atoms with Gasteiger partial charge in [-0.15, -0.1) is 0 Å². The van der Waals surface area contributed by atoms with Gasteiger partial charge in [0.15, 0.2) is 0 Å². The van der Waals surface area contributed by atoms with E-state index in [-0.39, 0.29) is 11.6 Å². The van der Waals surface area contributed by atoms with Crippen LogP contribution >= 0.6 is 0 Å². The number of rotatable bonds is 3. The summed E-state index contributed by atoms with van der Waals surface area (Å²) in [4.78, 5) is 39.6. The number of carbonyl (C=O) groups excluding carboxylic acids is 3. The van der Waals surface area contributed by atoms with Gasteiger partial charge in [-0.2, -0.15) is 0 Å². The number of carbonyl (C=O) groups is 3. The number of nitrogens with one attached hydrogen (secondary N) is 1. The van der Waals surface area contributed by atoms with Gasteiger partial charge in [-0.3, -0.25) is 19.8 Å². The van der Waals surface area contributed by atoms with E-state index in [9.17, 15) is 14.4 Å². The Kier molecular flexibility index (Phi) is 5.80. The van der Waals surface area contributed by atoms with Crippen molar-refractivity contribution in [1.29, 1.82) is 0 Å². The van der Waals surface area contributed by atoms with Crippen molar-refractivity contribution in [2.75, 3.05) is 0 Å². The van der Waals surface area contributed by atoms with Crippen molar-refractivity contribution < 1.29 is 14.4 Å². The van der Waals surface area contributed by atoms with E-state index >= 15 is 0 Å². The molecule has 4 amide bonds. The second-order valence-corrected chi connectivity index (χ2v) is 9.19. The lowest BCUT2D eigenvalue weighted by Crippen LogP contribution is -2.58. The number of aromatic nitrogens is 1. The molecule has 6 heteroatoms. The van der Waals surface area contributed by atoms with Crippen LogP contribution in [-0.4, -0.2) is 33.4 Å². The second kappa shape index (κ2) is 8.41. The number of hydrogen-bond acceptors (Lipinski definition) is 3. The predicted octanol–water partition coefficient (Wildman–Crippen LogP) is 4.81. The molecule has 2 aliphatic rings. The molecule has 1 aromatic heterocycles. The summed E-state index contributed by atoms with van der Waals surface area (Å²) in [6.45, 7) is 10.3. The second-order valence-electron chi connectivity index (χ2n) is 9.19. The smallest absolute Gasteiger partial charge is 0.317 e. The number of nitrogens with zero attached hydrogens (tertiary/aromatic N) is 2. The summed E-state index contributed by atoms with van der Waals surface area (Å²) in [5, 5.41) is 2.38. The summed E-state index contributed by atoms with van der Waals surface area (Å²) in [5.74, 6) is -1.11. The number of aryl methyl sites for hydroxylation is 4. The third-order valence-electron chi connectivity index (χ3n) is 6.70. The van der Waals surface area contributed by atoms with Crippen LogP contribution in [0.3, 0.4) is 0 Å². The van der Waals surface area contributed by atoms with Crippen LogP contribution in [0.25, 0.3) is 11.8 Å². The molecule has 168 valence electrons. The molecule has 0 radical (unpaired) electrons. The first kappa shape index (κ1) is 22.1. The summed E-state index contributed by atoms with van der Waals surface area (Å²) >= 11 is 0. The van der Waals surface area contributed by atoms with Gasteiger partial charge < -0.3 is 4.57 Å². The fourth-order valence-electron chi connectivity index (χ4n) is 5.30. The van der Waals surface area contributed by atoms with Crippen LogP contribution in [0.4, 0.5) is 4.79 Å². The third kappa shape index (κ3) is 3.78. The van der Waals surface area contributed by atoms with Gasteiger partial charge in [-0.05, 0) is 76.3 Å². The van der Waals surface area contributed by atoms with Crippen molar-refractivity contribution in [3.8, 4) is 5.69 Å². The molecule has 1 aromatic carbocycles. The Hall–Kier alpha value is -3.15. The molecule has 6 nitrogen and oxygen atoms in total. The minimum Gasteiger partial charge on any atom is -0.317 e. The fourth-order valence-corrected chi connectivity index (χ4v) is 5.30. The summed E-state index contributed by atoms with van der Waals surface area (Å²) < 4.78 is 2.17. The molecule has 1 saturated carbocycles. The third-order valence-corrected chi connectivity index (χ3v) is 6.70. The summed E-state index contributed by atoms with van der Waals surface area (Å²) in [5.41, 5.74) is 7.47. The Balaban J connectivity index is 1.75. The van der Waals surface area contributed by atoms with E-state index in [0.29, 0.717) is 0 Å². The van der Waals surface area contributed by atoms with Crippen LogP contribution in [0.5, 0.6) is 0 Å². The highest BCUT2D eigenvalue weighted by molar-refractivity contribution is 6.31. The standard InChI is InChI=1S/C26H31N3O3/c1-15-11-16(2)23(17(3)12-15)28-18(4)13-20(19(28)5)14-22-24(30)27-26(32)29(25(22)31)21-9-7-6-8-10-21/h11-14,21H,6-10H2,1-5H3,(H,27,30,32). The molecule has 0 bridgehead atoms. The van der Waals surface area contributed by atoms with Crippen molar-refractivity contribution >= 4 is 23.9 Å². The van der Waals surface area contributed by atoms with E-state index in [1.165, 1.54) is 21.6 Å². The van der Waals surface area contributed by atoms with Gasteiger partial charge in [0.05, 0.1) is 5.69 Å². The van der Waals surface area contributed by atoms with Crippen molar-refractivity contribution in [3.63, 3.8) is 0 Å². The highest BCUT2D eigenvalue weighted by atomic mass is 16.2. The van der Waals surface area contributed by atoms with E-state index < -0.39 is 17.8 Å². The van der Waals surface area contributed by atoms with Gasteiger partial charge in [0.2, 0.25) is 0 Å². The van der Waals surface area contributed by atoms with Crippen LogP contribution in [-0.2, 0) is 9.59 Å².